The topological polar surface area (TPSA) is 35.0 Å². The highest BCUT2D eigenvalue weighted by molar-refractivity contribution is 6.29. The maximum atomic E-state index is 5.63. The van der Waals surface area contributed by atoms with E-state index in [9.17, 15) is 0 Å². The average molecular weight is 199 g/mol. The van der Waals surface area contributed by atoms with Gasteiger partial charge < -0.3 is 4.74 Å². The van der Waals surface area contributed by atoms with Crippen LogP contribution in [0.15, 0.2) is 12.4 Å². The first-order valence-corrected chi connectivity index (χ1v) is 4.60. The van der Waals surface area contributed by atoms with E-state index in [0.717, 1.165) is 25.3 Å². The van der Waals surface area contributed by atoms with Crippen molar-refractivity contribution in [2.45, 2.75) is 13.3 Å². The van der Waals surface area contributed by atoms with Gasteiger partial charge in [-0.1, -0.05) is 18.5 Å². The Balaban J connectivity index is 2.05. The van der Waals surface area contributed by atoms with Gasteiger partial charge in [0.1, 0.15) is 5.15 Å². The van der Waals surface area contributed by atoms with Crippen LogP contribution in [0.2, 0.25) is 5.15 Å². The smallest absolute Gasteiger partial charge is 0.147 e. The second-order valence-electron chi connectivity index (χ2n) is 3.81. The average Bonchev–Trinajstić information content (AvgIpc) is 2.06. The summed E-state index contributed by atoms with van der Waals surface area (Å²) >= 11 is 5.63. The molecule has 0 aromatic carbocycles. The van der Waals surface area contributed by atoms with Crippen LogP contribution in [0, 0.1) is 5.41 Å². The first-order valence-electron chi connectivity index (χ1n) is 4.22. The predicted octanol–water partition coefficient (Wildman–Crippen LogP) is 1.71. The van der Waals surface area contributed by atoms with Crippen LogP contribution >= 0.6 is 11.6 Å². The molecular formula is C9H11ClN2O. The SMILES string of the molecule is CC1(Cc2cnc(Cl)cn2)COC1. The maximum Gasteiger partial charge on any atom is 0.147 e. The summed E-state index contributed by atoms with van der Waals surface area (Å²) in [6.45, 7) is 3.82. The van der Waals surface area contributed by atoms with E-state index in [2.05, 4.69) is 16.9 Å². The summed E-state index contributed by atoms with van der Waals surface area (Å²) in [7, 11) is 0. The van der Waals surface area contributed by atoms with E-state index >= 15 is 0 Å². The van der Waals surface area contributed by atoms with Crippen LogP contribution in [0.3, 0.4) is 0 Å². The lowest BCUT2D eigenvalue weighted by Crippen LogP contribution is -2.41. The summed E-state index contributed by atoms with van der Waals surface area (Å²) in [6.07, 6.45) is 4.23. The molecule has 3 nitrogen and oxygen atoms in total. The molecule has 0 aliphatic carbocycles. The van der Waals surface area contributed by atoms with E-state index in [-0.39, 0.29) is 5.41 Å². The van der Waals surface area contributed by atoms with Crippen LogP contribution < -0.4 is 0 Å². The highest BCUT2D eigenvalue weighted by atomic mass is 35.5. The molecule has 13 heavy (non-hydrogen) atoms. The van der Waals surface area contributed by atoms with Crippen molar-refractivity contribution in [2.24, 2.45) is 5.41 Å². The molecule has 1 saturated heterocycles. The van der Waals surface area contributed by atoms with Gasteiger partial charge in [0.25, 0.3) is 0 Å². The van der Waals surface area contributed by atoms with Crippen molar-refractivity contribution in [1.29, 1.82) is 0 Å². The third-order valence-corrected chi connectivity index (χ3v) is 2.38. The lowest BCUT2D eigenvalue weighted by atomic mass is 9.84. The van der Waals surface area contributed by atoms with Gasteiger partial charge in [0.05, 0.1) is 31.3 Å². The van der Waals surface area contributed by atoms with Crippen LogP contribution in [0.25, 0.3) is 0 Å². The first kappa shape index (κ1) is 8.91. The minimum atomic E-state index is 0.252. The van der Waals surface area contributed by atoms with Crippen LogP contribution in [-0.4, -0.2) is 23.2 Å². The summed E-state index contributed by atoms with van der Waals surface area (Å²) in [5, 5.41) is 0.443. The maximum absolute atomic E-state index is 5.63. The van der Waals surface area contributed by atoms with Crippen molar-refractivity contribution < 1.29 is 4.74 Å². The lowest BCUT2D eigenvalue weighted by molar-refractivity contribution is -0.101. The number of rotatable bonds is 2. The largest absolute Gasteiger partial charge is 0.380 e. The highest BCUT2D eigenvalue weighted by Crippen LogP contribution is 2.29. The molecule has 70 valence electrons. The summed E-state index contributed by atoms with van der Waals surface area (Å²) in [5.41, 5.74) is 1.23. The van der Waals surface area contributed by atoms with Crippen LogP contribution in [0.1, 0.15) is 12.6 Å². The standard InChI is InChI=1S/C9H11ClN2O/c1-9(5-13-6-9)2-7-3-12-8(10)4-11-7/h3-4H,2,5-6H2,1H3. The van der Waals surface area contributed by atoms with Crippen molar-refractivity contribution in [3.05, 3.63) is 23.2 Å². The molecule has 0 N–H and O–H groups in total. The van der Waals surface area contributed by atoms with Crippen molar-refractivity contribution in [1.82, 2.24) is 9.97 Å². The third-order valence-electron chi connectivity index (χ3n) is 2.18. The van der Waals surface area contributed by atoms with E-state index in [1.54, 1.807) is 12.4 Å². The van der Waals surface area contributed by atoms with Gasteiger partial charge in [0.15, 0.2) is 0 Å². The van der Waals surface area contributed by atoms with Crippen LogP contribution in [-0.2, 0) is 11.2 Å². The Morgan fingerprint density at radius 3 is 2.69 bits per heavy atom. The molecule has 0 saturated carbocycles. The van der Waals surface area contributed by atoms with Crippen molar-refractivity contribution >= 4 is 11.6 Å². The Labute approximate surface area is 82.1 Å². The molecule has 0 atom stereocenters. The van der Waals surface area contributed by atoms with Crippen molar-refractivity contribution in [2.75, 3.05) is 13.2 Å². The molecule has 0 bridgehead atoms. The van der Waals surface area contributed by atoms with E-state index in [0.29, 0.717) is 5.15 Å². The lowest BCUT2D eigenvalue weighted by Gasteiger charge is -2.37. The molecule has 2 rings (SSSR count). The molecule has 1 aliphatic heterocycles. The zero-order valence-corrected chi connectivity index (χ0v) is 8.21. The normalized spacial score (nSPS) is 19.5. The third kappa shape index (κ3) is 1.98. The molecule has 1 aliphatic rings. The summed E-state index contributed by atoms with van der Waals surface area (Å²) in [5.74, 6) is 0. The summed E-state index contributed by atoms with van der Waals surface area (Å²) in [6, 6.07) is 0. The van der Waals surface area contributed by atoms with Gasteiger partial charge in [-0.25, -0.2) is 4.98 Å². The number of hydrogen-bond donors (Lipinski definition) is 0. The van der Waals surface area contributed by atoms with E-state index in [1.165, 1.54) is 0 Å². The second kappa shape index (κ2) is 3.24. The first-order chi connectivity index (χ1) is 6.18. The highest BCUT2D eigenvalue weighted by Gasteiger charge is 2.33. The molecule has 0 radical (unpaired) electrons. The molecule has 2 heterocycles. The zero-order valence-electron chi connectivity index (χ0n) is 7.46. The van der Waals surface area contributed by atoms with E-state index in [4.69, 9.17) is 16.3 Å². The number of aromatic nitrogens is 2. The number of halogens is 1. The fourth-order valence-electron chi connectivity index (χ4n) is 1.42. The minimum Gasteiger partial charge on any atom is -0.380 e. The fraction of sp³-hybridized carbons (Fsp3) is 0.556. The van der Waals surface area contributed by atoms with Gasteiger partial charge in [-0.3, -0.25) is 4.98 Å². The van der Waals surface area contributed by atoms with Gasteiger partial charge in [-0.2, -0.15) is 0 Å². The molecule has 1 aromatic heterocycles. The monoisotopic (exact) mass is 198 g/mol. The Bertz CT molecular complexity index is 295. The van der Waals surface area contributed by atoms with Crippen LogP contribution in [0.5, 0.6) is 0 Å². The number of ether oxygens (including phenoxy) is 1. The van der Waals surface area contributed by atoms with Gasteiger partial charge >= 0.3 is 0 Å². The molecular weight excluding hydrogens is 188 g/mol. The quantitative estimate of drug-likeness (QED) is 0.726. The van der Waals surface area contributed by atoms with E-state index < -0.39 is 0 Å². The van der Waals surface area contributed by atoms with Crippen molar-refractivity contribution in [3.63, 3.8) is 0 Å². The summed E-state index contributed by atoms with van der Waals surface area (Å²) < 4.78 is 5.16. The fourth-order valence-corrected chi connectivity index (χ4v) is 1.52. The van der Waals surface area contributed by atoms with Gasteiger partial charge in [-0.05, 0) is 0 Å². The Hall–Kier alpha value is -0.670. The molecule has 1 fully saturated rings. The Morgan fingerprint density at radius 1 is 1.46 bits per heavy atom. The number of nitrogens with zero attached hydrogens (tertiary/aromatic N) is 2. The number of hydrogen-bond acceptors (Lipinski definition) is 3. The summed E-state index contributed by atoms with van der Waals surface area (Å²) in [4.78, 5) is 8.18. The molecule has 1 aromatic rings. The van der Waals surface area contributed by atoms with Crippen molar-refractivity contribution in [3.8, 4) is 0 Å². The van der Waals surface area contributed by atoms with Gasteiger partial charge in [0.2, 0.25) is 0 Å². The van der Waals surface area contributed by atoms with Gasteiger partial charge in [0, 0.05) is 11.8 Å². The Morgan fingerprint density at radius 2 is 2.23 bits per heavy atom. The molecule has 4 heteroatoms. The molecule has 0 spiro atoms. The molecule has 0 unspecified atom stereocenters. The predicted molar refractivity (Wildman–Crippen MR) is 49.7 cm³/mol. The van der Waals surface area contributed by atoms with Gasteiger partial charge in [-0.15, -0.1) is 0 Å². The second-order valence-corrected chi connectivity index (χ2v) is 4.20. The molecule has 0 amide bonds. The Kier molecular flexibility index (Phi) is 2.22. The zero-order chi connectivity index (χ0) is 9.31. The minimum absolute atomic E-state index is 0.252. The van der Waals surface area contributed by atoms with Crippen LogP contribution in [0.4, 0.5) is 0 Å². The van der Waals surface area contributed by atoms with E-state index in [1.807, 2.05) is 0 Å².